The van der Waals surface area contributed by atoms with E-state index in [9.17, 15) is 14.4 Å². The van der Waals surface area contributed by atoms with Crippen LogP contribution in [0.3, 0.4) is 0 Å². The Morgan fingerprint density at radius 2 is 1.90 bits per heavy atom. The number of esters is 1. The summed E-state index contributed by atoms with van der Waals surface area (Å²) < 4.78 is 5.07. The van der Waals surface area contributed by atoms with Gasteiger partial charge < -0.3 is 20.7 Å². The molecular formula is C22H26N4O4. The van der Waals surface area contributed by atoms with E-state index in [1.165, 1.54) is 13.1 Å². The Kier molecular flexibility index (Phi) is 6.34. The highest BCUT2D eigenvalue weighted by molar-refractivity contribution is 6.39. The van der Waals surface area contributed by atoms with E-state index in [0.29, 0.717) is 29.7 Å². The van der Waals surface area contributed by atoms with E-state index >= 15 is 0 Å². The molecule has 1 aliphatic heterocycles. The predicted octanol–water partition coefficient (Wildman–Crippen LogP) is 2.84. The number of ether oxygens (including phenoxy) is 1. The fourth-order valence-electron chi connectivity index (χ4n) is 3.62. The van der Waals surface area contributed by atoms with Gasteiger partial charge in [0.1, 0.15) is 11.6 Å². The van der Waals surface area contributed by atoms with Crippen molar-refractivity contribution in [2.24, 2.45) is 5.92 Å². The van der Waals surface area contributed by atoms with Gasteiger partial charge in [0.2, 0.25) is 0 Å². The molecule has 2 heterocycles. The van der Waals surface area contributed by atoms with Crippen molar-refractivity contribution in [3.05, 3.63) is 47.7 Å². The number of nitrogens with one attached hydrogen (secondary N) is 1. The maximum atomic E-state index is 13.0. The van der Waals surface area contributed by atoms with Crippen molar-refractivity contribution in [3.8, 4) is 5.75 Å². The van der Waals surface area contributed by atoms with Crippen molar-refractivity contribution in [2.75, 3.05) is 17.6 Å². The third kappa shape index (κ3) is 4.94. The van der Waals surface area contributed by atoms with E-state index in [2.05, 4.69) is 17.2 Å². The highest BCUT2D eigenvalue weighted by atomic mass is 16.5. The summed E-state index contributed by atoms with van der Waals surface area (Å²) in [5.74, 6) is -0.589. The second-order valence-electron chi connectivity index (χ2n) is 7.70. The summed E-state index contributed by atoms with van der Waals surface area (Å²) in [6, 6.07) is 8.49. The summed E-state index contributed by atoms with van der Waals surface area (Å²) in [5, 5.41) is 2.62. The summed E-state index contributed by atoms with van der Waals surface area (Å²) in [4.78, 5) is 42.4. The fraction of sp³-hybridized carbons (Fsp3) is 0.364. The minimum atomic E-state index is -0.711. The SMILES string of the molecule is CC(=O)Oc1ccc([C@H]2CC[C@H](C)CN2C(=O)C(=O)Nc2cnc(N)c(C)c2)cc1. The standard InChI is InChI=1S/C22H26N4O4/c1-13-4-9-19(16-5-7-18(8-6-16)30-15(3)27)26(12-13)22(29)21(28)25-17-10-14(2)20(23)24-11-17/h5-8,10-11,13,19H,4,9,12H2,1-3H3,(H2,23,24)(H,25,28)/t13-,19+/m0/s1. The topological polar surface area (TPSA) is 115 Å². The molecule has 8 nitrogen and oxygen atoms in total. The Morgan fingerprint density at radius 3 is 2.53 bits per heavy atom. The molecule has 0 saturated carbocycles. The van der Waals surface area contributed by atoms with Crippen LogP contribution in [-0.4, -0.2) is 34.2 Å². The first-order chi connectivity index (χ1) is 14.2. The molecule has 0 unspecified atom stereocenters. The summed E-state index contributed by atoms with van der Waals surface area (Å²) in [5.41, 5.74) is 7.74. The van der Waals surface area contributed by atoms with Crippen molar-refractivity contribution in [1.82, 2.24) is 9.88 Å². The van der Waals surface area contributed by atoms with Gasteiger partial charge in [0.25, 0.3) is 0 Å². The number of hydrogen-bond donors (Lipinski definition) is 2. The number of nitrogens with two attached hydrogens (primary N) is 1. The maximum Gasteiger partial charge on any atom is 0.313 e. The van der Waals surface area contributed by atoms with Crippen LogP contribution < -0.4 is 15.8 Å². The summed E-state index contributed by atoms with van der Waals surface area (Å²) in [7, 11) is 0. The molecule has 30 heavy (non-hydrogen) atoms. The number of nitrogen functional groups attached to an aromatic ring is 1. The fourth-order valence-corrected chi connectivity index (χ4v) is 3.62. The Morgan fingerprint density at radius 1 is 1.20 bits per heavy atom. The average molecular weight is 410 g/mol. The van der Waals surface area contributed by atoms with Crippen molar-refractivity contribution in [2.45, 2.75) is 39.7 Å². The molecule has 0 radical (unpaired) electrons. The van der Waals surface area contributed by atoms with Gasteiger partial charge in [-0.2, -0.15) is 0 Å². The van der Waals surface area contributed by atoms with E-state index in [1.807, 2.05) is 12.1 Å². The van der Waals surface area contributed by atoms with Crippen LogP contribution in [0, 0.1) is 12.8 Å². The van der Waals surface area contributed by atoms with Crippen LogP contribution in [0.2, 0.25) is 0 Å². The first kappa shape index (κ1) is 21.3. The first-order valence-electron chi connectivity index (χ1n) is 9.87. The zero-order valence-electron chi connectivity index (χ0n) is 17.3. The molecule has 158 valence electrons. The Balaban J connectivity index is 1.77. The van der Waals surface area contributed by atoms with Gasteiger partial charge in [-0.15, -0.1) is 0 Å². The third-order valence-electron chi connectivity index (χ3n) is 5.18. The van der Waals surface area contributed by atoms with Gasteiger partial charge in [0, 0.05) is 13.5 Å². The van der Waals surface area contributed by atoms with E-state index in [-0.39, 0.29) is 6.04 Å². The van der Waals surface area contributed by atoms with Crippen molar-refractivity contribution >= 4 is 29.3 Å². The number of aryl methyl sites for hydroxylation is 1. The molecule has 8 heteroatoms. The smallest absolute Gasteiger partial charge is 0.313 e. The monoisotopic (exact) mass is 410 g/mol. The highest BCUT2D eigenvalue weighted by Gasteiger charge is 2.34. The molecule has 3 N–H and O–H groups in total. The number of carbonyl (C=O) groups excluding carboxylic acids is 3. The van der Waals surface area contributed by atoms with Crippen molar-refractivity contribution in [1.29, 1.82) is 0 Å². The minimum Gasteiger partial charge on any atom is -0.427 e. The molecule has 1 aromatic carbocycles. The van der Waals surface area contributed by atoms with Crippen LogP contribution in [-0.2, 0) is 14.4 Å². The van der Waals surface area contributed by atoms with Gasteiger partial charge in [-0.1, -0.05) is 19.1 Å². The van der Waals surface area contributed by atoms with Gasteiger partial charge in [-0.05, 0) is 55.0 Å². The Bertz CT molecular complexity index is 958. The zero-order valence-corrected chi connectivity index (χ0v) is 17.3. The van der Waals surface area contributed by atoms with E-state index in [4.69, 9.17) is 10.5 Å². The lowest BCUT2D eigenvalue weighted by molar-refractivity contribution is -0.146. The number of likely N-dealkylation sites (tertiary alicyclic amines) is 1. The number of nitrogens with zero attached hydrogens (tertiary/aromatic N) is 2. The quantitative estimate of drug-likeness (QED) is 0.457. The molecule has 1 saturated heterocycles. The van der Waals surface area contributed by atoms with Gasteiger partial charge in [-0.3, -0.25) is 14.4 Å². The molecule has 3 rings (SSSR count). The molecule has 2 amide bonds. The van der Waals surface area contributed by atoms with Crippen molar-refractivity contribution < 1.29 is 19.1 Å². The van der Waals surface area contributed by atoms with Gasteiger partial charge >= 0.3 is 17.8 Å². The largest absolute Gasteiger partial charge is 0.427 e. The van der Waals surface area contributed by atoms with Gasteiger partial charge in [0.15, 0.2) is 0 Å². The van der Waals surface area contributed by atoms with Crippen LogP contribution in [0.5, 0.6) is 5.75 Å². The number of rotatable bonds is 3. The number of aromatic nitrogens is 1. The molecule has 2 atom stereocenters. The minimum absolute atomic E-state index is 0.225. The second kappa shape index (κ2) is 8.94. The number of piperidine rings is 1. The van der Waals surface area contributed by atoms with E-state index in [1.54, 1.807) is 30.0 Å². The third-order valence-corrected chi connectivity index (χ3v) is 5.18. The Hall–Kier alpha value is -3.42. The van der Waals surface area contributed by atoms with Gasteiger partial charge in [0.05, 0.1) is 17.9 Å². The van der Waals surface area contributed by atoms with Crippen LogP contribution in [0.15, 0.2) is 36.5 Å². The number of carbonyl (C=O) groups is 3. The van der Waals surface area contributed by atoms with Crippen LogP contribution >= 0.6 is 0 Å². The lowest BCUT2D eigenvalue weighted by Gasteiger charge is -2.38. The summed E-state index contributed by atoms with van der Waals surface area (Å²) in [6.07, 6.45) is 3.12. The highest BCUT2D eigenvalue weighted by Crippen LogP contribution is 2.34. The molecule has 1 aliphatic rings. The van der Waals surface area contributed by atoms with Gasteiger partial charge in [-0.25, -0.2) is 4.98 Å². The molecule has 0 spiro atoms. The van der Waals surface area contributed by atoms with E-state index < -0.39 is 17.8 Å². The van der Waals surface area contributed by atoms with Crippen LogP contribution in [0.4, 0.5) is 11.5 Å². The normalized spacial score (nSPS) is 18.6. The summed E-state index contributed by atoms with van der Waals surface area (Å²) in [6.45, 7) is 5.67. The van der Waals surface area contributed by atoms with Crippen molar-refractivity contribution in [3.63, 3.8) is 0 Å². The number of benzene rings is 1. The molecular weight excluding hydrogens is 384 g/mol. The zero-order chi connectivity index (χ0) is 21.8. The molecule has 1 fully saturated rings. The number of pyridine rings is 1. The number of amides is 2. The number of hydrogen-bond acceptors (Lipinski definition) is 6. The maximum absolute atomic E-state index is 13.0. The second-order valence-corrected chi connectivity index (χ2v) is 7.70. The lowest BCUT2D eigenvalue weighted by atomic mass is 9.89. The molecule has 2 aromatic rings. The first-order valence-corrected chi connectivity index (χ1v) is 9.87. The van der Waals surface area contributed by atoms with Crippen LogP contribution in [0.1, 0.15) is 43.9 Å². The Labute approximate surface area is 175 Å². The molecule has 1 aromatic heterocycles. The molecule has 0 bridgehead atoms. The van der Waals surface area contributed by atoms with Crippen LogP contribution in [0.25, 0.3) is 0 Å². The number of anilines is 2. The average Bonchev–Trinajstić information content (AvgIpc) is 2.70. The lowest BCUT2D eigenvalue weighted by Crippen LogP contribution is -2.46. The summed E-state index contributed by atoms with van der Waals surface area (Å²) >= 11 is 0. The van der Waals surface area contributed by atoms with E-state index in [0.717, 1.165) is 24.0 Å². The predicted molar refractivity (Wildman–Crippen MR) is 113 cm³/mol. The molecule has 0 aliphatic carbocycles.